The maximum absolute atomic E-state index is 14.2. The molecule has 1 saturated heterocycles. The zero-order valence-electron chi connectivity index (χ0n) is 14.9. The second-order valence-electron chi connectivity index (χ2n) is 6.55. The molecule has 2 aromatic carbocycles. The molecule has 2 N–H and O–H groups in total. The smallest absolute Gasteiger partial charge is 0.317 e. The molecular formula is C20H17ClF2IN3O. The van der Waals surface area contributed by atoms with E-state index >= 15 is 0 Å². The third-order valence-corrected chi connectivity index (χ3v) is 5.44. The van der Waals surface area contributed by atoms with Crippen molar-refractivity contribution in [2.24, 2.45) is 0 Å². The Bertz CT molecular complexity index is 980. The molecule has 0 saturated carbocycles. The zero-order valence-corrected chi connectivity index (χ0v) is 17.8. The maximum atomic E-state index is 14.2. The number of nitrogens with zero attached hydrogens (tertiary/aromatic N) is 1. The summed E-state index contributed by atoms with van der Waals surface area (Å²) in [5.41, 5.74) is 1.70. The topological polar surface area (TPSA) is 56.2 Å². The first kappa shape index (κ1) is 20.7. The number of hydrogen-bond acceptors (Lipinski definition) is 2. The van der Waals surface area contributed by atoms with E-state index in [0.29, 0.717) is 29.0 Å². The van der Waals surface area contributed by atoms with Crippen molar-refractivity contribution in [3.05, 3.63) is 67.8 Å². The quantitative estimate of drug-likeness (QED) is 0.477. The van der Waals surface area contributed by atoms with Crippen LogP contribution in [0.15, 0.2) is 42.0 Å². The molecule has 2 aromatic rings. The van der Waals surface area contributed by atoms with Gasteiger partial charge in [-0.2, -0.15) is 0 Å². The van der Waals surface area contributed by atoms with Crippen LogP contribution in [0, 0.1) is 20.6 Å². The largest absolute Gasteiger partial charge is 0.322 e. The van der Waals surface area contributed by atoms with Gasteiger partial charge in [0.25, 0.3) is 0 Å². The van der Waals surface area contributed by atoms with Gasteiger partial charge < -0.3 is 15.6 Å². The Hall–Kier alpha value is -2.00. The lowest BCUT2D eigenvalue weighted by atomic mass is 9.95. The summed E-state index contributed by atoms with van der Waals surface area (Å²) in [6, 6.07) is 8.20. The van der Waals surface area contributed by atoms with Crippen LogP contribution in [-0.2, 0) is 0 Å². The fourth-order valence-corrected chi connectivity index (χ4v) is 3.59. The minimum Gasteiger partial charge on any atom is -0.317 e. The fraction of sp³-hybridized carbons (Fsp3) is 0.200. The van der Waals surface area contributed by atoms with Crippen LogP contribution in [0.2, 0.25) is 5.02 Å². The van der Waals surface area contributed by atoms with Crippen LogP contribution in [0.25, 0.3) is 6.08 Å². The lowest BCUT2D eigenvalue weighted by Gasteiger charge is -2.35. The summed E-state index contributed by atoms with van der Waals surface area (Å²) in [4.78, 5) is 14.3. The fourth-order valence-electron chi connectivity index (χ4n) is 2.95. The highest BCUT2D eigenvalue weighted by Gasteiger charge is 2.29. The first-order valence-electron chi connectivity index (χ1n) is 8.50. The third-order valence-electron chi connectivity index (χ3n) is 4.48. The molecule has 28 heavy (non-hydrogen) atoms. The summed E-state index contributed by atoms with van der Waals surface area (Å²) in [5.74, 6) is -0.938. The number of piperidine rings is 1. The van der Waals surface area contributed by atoms with Gasteiger partial charge in [0, 0.05) is 39.5 Å². The van der Waals surface area contributed by atoms with Gasteiger partial charge in [-0.25, -0.2) is 13.6 Å². The number of urea groups is 1. The van der Waals surface area contributed by atoms with Gasteiger partial charge >= 0.3 is 6.03 Å². The van der Waals surface area contributed by atoms with Crippen LogP contribution in [0.4, 0.5) is 19.3 Å². The molecule has 3 rings (SSSR count). The van der Waals surface area contributed by atoms with Crippen LogP contribution in [-0.4, -0.2) is 29.2 Å². The van der Waals surface area contributed by atoms with Gasteiger partial charge in [0.2, 0.25) is 0 Å². The van der Waals surface area contributed by atoms with Crippen molar-refractivity contribution < 1.29 is 13.6 Å². The van der Waals surface area contributed by atoms with Crippen LogP contribution in [0.5, 0.6) is 0 Å². The average Bonchev–Trinajstić information content (AvgIpc) is 2.62. The first-order valence-corrected chi connectivity index (χ1v) is 9.96. The number of likely N-dealkylation sites (tertiary alicyclic amines) is 1. The summed E-state index contributed by atoms with van der Waals surface area (Å²) in [6.07, 6.45) is 1.96. The van der Waals surface area contributed by atoms with Crippen LogP contribution < -0.4 is 5.32 Å². The molecule has 8 heteroatoms. The van der Waals surface area contributed by atoms with E-state index in [9.17, 15) is 13.6 Å². The number of carbonyl (C=O) groups excluding carboxylic acids is 1. The number of anilines is 1. The van der Waals surface area contributed by atoms with Crippen LogP contribution in [0.3, 0.4) is 0 Å². The minimum atomic E-state index is -0.566. The Morgan fingerprint density at radius 1 is 1.29 bits per heavy atom. The van der Waals surface area contributed by atoms with Crippen LogP contribution in [0.1, 0.15) is 18.9 Å². The number of halogens is 4. The van der Waals surface area contributed by atoms with Gasteiger partial charge in [0.15, 0.2) is 0 Å². The zero-order chi connectivity index (χ0) is 20.4. The van der Waals surface area contributed by atoms with Crippen molar-refractivity contribution in [3.63, 3.8) is 0 Å². The molecule has 0 aliphatic carbocycles. The summed E-state index contributed by atoms with van der Waals surface area (Å²) in [7, 11) is 0. The molecule has 1 atom stereocenters. The Labute approximate surface area is 180 Å². The number of benzene rings is 2. The van der Waals surface area contributed by atoms with Gasteiger partial charge in [-0.15, -0.1) is 0 Å². The Balaban J connectivity index is 1.81. The highest BCUT2D eigenvalue weighted by Crippen LogP contribution is 2.25. The SMILES string of the molecule is CC1CC(=N)C(=Cc2ccc(I)cc2F)CN1C(=O)Nc1ccc(F)c(Cl)c1. The normalized spacial score (nSPS) is 18.5. The van der Waals surface area contributed by atoms with Crippen molar-refractivity contribution in [1.29, 1.82) is 5.41 Å². The molecule has 0 bridgehead atoms. The van der Waals surface area contributed by atoms with Crippen molar-refractivity contribution in [2.45, 2.75) is 19.4 Å². The van der Waals surface area contributed by atoms with E-state index in [2.05, 4.69) is 5.32 Å². The highest BCUT2D eigenvalue weighted by molar-refractivity contribution is 14.1. The summed E-state index contributed by atoms with van der Waals surface area (Å²) < 4.78 is 28.2. The minimum absolute atomic E-state index is 0.0824. The highest BCUT2D eigenvalue weighted by atomic mass is 127. The average molecular weight is 516 g/mol. The Kier molecular flexibility index (Phi) is 6.34. The van der Waals surface area contributed by atoms with Crippen molar-refractivity contribution in [2.75, 3.05) is 11.9 Å². The van der Waals surface area contributed by atoms with Crippen molar-refractivity contribution in [3.8, 4) is 0 Å². The molecule has 1 aliphatic rings. The molecule has 1 fully saturated rings. The van der Waals surface area contributed by atoms with E-state index in [1.807, 2.05) is 29.5 Å². The number of hydrogen-bond donors (Lipinski definition) is 2. The monoisotopic (exact) mass is 515 g/mol. The predicted molar refractivity (Wildman–Crippen MR) is 116 cm³/mol. The van der Waals surface area contributed by atoms with E-state index in [4.69, 9.17) is 17.0 Å². The number of amides is 2. The molecule has 146 valence electrons. The predicted octanol–water partition coefficient (Wildman–Crippen LogP) is 5.95. The standard InChI is InChI=1S/C20H17ClF2IN3O/c1-11-6-19(25)13(7-12-2-3-14(24)8-18(12)23)10-27(11)20(28)26-15-4-5-17(22)16(21)9-15/h2-5,7-9,11,25H,6,10H2,1H3,(H,26,28). The van der Waals surface area contributed by atoms with Crippen molar-refractivity contribution in [1.82, 2.24) is 4.90 Å². The summed E-state index contributed by atoms with van der Waals surface area (Å²) in [6.45, 7) is 2.01. The second-order valence-corrected chi connectivity index (χ2v) is 8.21. The third kappa shape index (κ3) is 4.70. The molecule has 0 aromatic heterocycles. The maximum Gasteiger partial charge on any atom is 0.322 e. The van der Waals surface area contributed by atoms with Gasteiger partial charge in [-0.05, 0) is 71.5 Å². The van der Waals surface area contributed by atoms with Gasteiger partial charge in [-0.3, -0.25) is 0 Å². The van der Waals surface area contributed by atoms with Gasteiger partial charge in [0.1, 0.15) is 11.6 Å². The lowest BCUT2D eigenvalue weighted by molar-refractivity contribution is 0.198. The van der Waals surface area contributed by atoms with Gasteiger partial charge in [0.05, 0.1) is 5.02 Å². The molecule has 0 spiro atoms. The van der Waals surface area contributed by atoms with Crippen LogP contribution >= 0.6 is 34.2 Å². The number of carbonyl (C=O) groups is 1. The van der Waals surface area contributed by atoms with E-state index in [1.54, 1.807) is 23.1 Å². The molecule has 1 aliphatic heterocycles. The summed E-state index contributed by atoms with van der Waals surface area (Å²) in [5, 5.41) is 10.8. The molecule has 0 radical (unpaired) electrons. The molecule has 1 heterocycles. The van der Waals surface area contributed by atoms with Gasteiger partial charge in [-0.1, -0.05) is 17.7 Å². The molecular weight excluding hydrogens is 499 g/mol. The lowest BCUT2D eigenvalue weighted by Crippen LogP contribution is -2.47. The van der Waals surface area contributed by atoms with Crippen molar-refractivity contribution >= 4 is 57.7 Å². The molecule has 4 nitrogen and oxygen atoms in total. The first-order chi connectivity index (χ1) is 13.2. The molecule has 1 unspecified atom stereocenters. The Morgan fingerprint density at radius 3 is 2.71 bits per heavy atom. The Morgan fingerprint density at radius 2 is 2.04 bits per heavy atom. The van der Waals surface area contributed by atoms with E-state index < -0.39 is 11.8 Å². The number of nitrogens with one attached hydrogen (secondary N) is 2. The van der Waals surface area contributed by atoms with E-state index in [1.165, 1.54) is 24.3 Å². The van der Waals surface area contributed by atoms with E-state index in [0.717, 1.165) is 3.57 Å². The molecule has 2 amide bonds. The second kappa shape index (κ2) is 8.57. The number of rotatable bonds is 2. The van der Waals surface area contributed by atoms with E-state index in [-0.39, 0.29) is 23.4 Å². The summed E-state index contributed by atoms with van der Waals surface area (Å²) >= 11 is 7.79.